The summed E-state index contributed by atoms with van der Waals surface area (Å²) in [5, 5.41) is 1.52. The van der Waals surface area contributed by atoms with E-state index in [0.717, 1.165) is 11.1 Å². The van der Waals surface area contributed by atoms with E-state index in [9.17, 15) is 21.6 Å². The fraction of sp³-hybridized carbons (Fsp3) is 0.588. The normalized spacial score (nSPS) is 21.8. The molecule has 152 valence electrons. The second-order valence-corrected chi connectivity index (χ2v) is 10.8. The first kappa shape index (κ1) is 21.6. The summed E-state index contributed by atoms with van der Waals surface area (Å²) in [5.74, 6) is -1.26. The molecule has 10 heteroatoms. The van der Waals surface area contributed by atoms with Crippen LogP contribution in [0.1, 0.15) is 18.1 Å². The van der Waals surface area contributed by atoms with Gasteiger partial charge in [0, 0.05) is 6.04 Å². The van der Waals surface area contributed by atoms with Gasteiger partial charge in [-0.2, -0.15) is 0 Å². The van der Waals surface area contributed by atoms with Gasteiger partial charge in [0.05, 0.1) is 37.0 Å². The predicted octanol–water partition coefficient (Wildman–Crippen LogP) is 0.404. The molecule has 0 aliphatic carbocycles. The lowest BCUT2D eigenvalue weighted by Gasteiger charge is -2.21. The van der Waals surface area contributed by atoms with Gasteiger partial charge in [0.2, 0.25) is 0 Å². The van der Waals surface area contributed by atoms with E-state index in [2.05, 4.69) is 5.32 Å². The number of rotatable bonds is 7. The number of sulfone groups is 2. The molecular weight excluding hydrogens is 394 g/mol. The van der Waals surface area contributed by atoms with E-state index in [-0.39, 0.29) is 29.5 Å². The Morgan fingerprint density at radius 2 is 1.85 bits per heavy atom. The Hall–Kier alpha value is -1.65. The Labute approximate surface area is 160 Å². The molecule has 8 nitrogen and oxygen atoms in total. The van der Waals surface area contributed by atoms with Crippen molar-refractivity contribution < 1.29 is 31.1 Å². The molecule has 1 aromatic carbocycles. The molecule has 1 N–H and O–H groups in total. The Bertz CT molecular complexity index is 923. The second kappa shape index (κ2) is 8.15. The molecular formula is C17H25NO7S2. The molecule has 0 radical (unpaired) electrons. The average Bonchev–Trinajstić information content (AvgIpc) is 2.90. The first-order valence-corrected chi connectivity index (χ1v) is 11.9. The zero-order chi connectivity index (χ0) is 20.4. The summed E-state index contributed by atoms with van der Waals surface area (Å²) in [6, 6.07) is 2.21. The number of hydrogen-bond donors (Lipinski definition) is 1. The van der Waals surface area contributed by atoms with Crippen molar-refractivity contribution in [1.82, 2.24) is 5.32 Å². The maximum absolute atomic E-state index is 13.2. The van der Waals surface area contributed by atoms with Gasteiger partial charge in [0.1, 0.15) is 10.6 Å². The van der Waals surface area contributed by atoms with Crippen molar-refractivity contribution in [1.29, 1.82) is 0 Å². The molecule has 0 aromatic heterocycles. The van der Waals surface area contributed by atoms with Crippen LogP contribution >= 0.6 is 0 Å². The van der Waals surface area contributed by atoms with E-state index < -0.39 is 42.7 Å². The van der Waals surface area contributed by atoms with Gasteiger partial charge in [-0.15, -0.1) is 0 Å². The number of hydrogen-bond acceptors (Lipinski definition) is 8. The number of nitrogens with one attached hydrogen (secondary N) is 1. The lowest BCUT2D eigenvalue weighted by atomic mass is 10.1. The summed E-state index contributed by atoms with van der Waals surface area (Å²) in [6.45, 7) is 5.18. The number of carbonyl (C=O) groups is 1. The van der Waals surface area contributed by atoms with Gasteiger partial charge in [-0.3, -0.25) is 4.79 Å². The molecule has 1 heterocycles. The highest BCUT2D eigenvalue weighted by atomic mass is 32.2. The molecule has 1 aliphatic rings. The molecule has 1 saturated heterocycles. The maximum atomic E-state index is 13.2. The Morgan fingerprint density at radius 1 is 1.22 bits per heavy atom. The minimum absolute atomic E-state index is 0.0434. The van der Waals surface area contributed by atoms with E-state index in [1.807, 2.05) is 6.92 Å². The summed E-state index contributed by atoms with van der Waals surface area (Å²) in [7, 11) is -6.22. The quantitative estimate of drug-likeness (QED) is 0.632. The highest BCUT2D eigenvalue weighted by Gasteiger charge is 2.46. The van der Waals surface area contributed by atoms with Crippen molar-refractivity contribution in [3.8, 4) is 5.75 Å². The summed E-state index contributed by atoms with van der Waals surface area (Å²) >= 11 is 0. The molecule has 0 bridgehead atoms. The number of esters is 1. The third-order valence-electron chi connectivity index (χ3n) is 4.60. The van der Waals surface area contributed by atoms with Crippen LogP contribution in [0, 0.1) is 13.8 Å². The van der Waals surface area contributed by atoms with Crippen molar-refractivity contribution in [3.63, 3.8) is 0 Å². The van der Waals surface area contributed by atoms with Crippen molar-refractivity contribution in [2.75, 3.05) is 31.8 Å². The van der Waals surface area contributed by atoms with Crippen molar-refractivity contribution in [2.45, 2.75) is 37.0 Å². The molecule has 0 saturated carbocycles. The van der Waals surface area contributed by atoms with Crippen LogP contribution in [0.3, 0.4) is 0 Å². The van der Waals surface area contributed by atoms with Crippen LogP contribution < -0.4 is 10.1 Å². The third kappa shape index (κ3) is 4.80. The lowest BCUT2D eigenvalue weighted by molar-refractivity contribution is -0.142. The molecule has 2 rings (SSSR count). The monoisotopic (exact) mass is 419 g/mol. The summed E-state index contributed by atoms with van der Waals surface area (Å²) in [6.07, 6.45) is 0. The second-order valence-electron chi connectivity index (χ2n) is 6.54. The molecule has 0 amide bonds. The lowest BCUT2D eigenvalue weighted by Crippen LogP contribution is -2.45. The Morgan fingerprint density at radius 3 is 2.44 bits per heavy atom. The third-order valence-corrected chi connectivity index (χ3v) is 8.77. The van der Waals surface area contributed by atoms with E-state index in [4.69, 9.17) is 9.47 Å². The summed E-state index contributed by atoms with van der Waals surface area (Å²) < 4.78 is 60.8. The predicted molar refractivity (Wildman–Crippen MR) is 101 cm³/mol. The molecule has 1 fully saturated rings. The number of carbonyl (C=O) groups excluding carboxylic acids is 1. The molecule has 0 unspecified atom stereocenters. The van der Waals surface area contributed by atoms with Gasteiger partial charge < -0.3 is 14.8 Å². The zero-order valence-corrected chi connectivity index (χ0v) is 17.4. The summed E-state index contributed by atoms with van der Waals surface area (Å²) in [4.78, 5) is 11.5. The molecule has 0 spiro atoms. The SMILES string of the molecule is CCOC(=O)CN[C@H]1CS(=O)(=O)C[C@@H]1S(=O)(=O)c1cc(C)c(C)cc1OC. The van der Waals surface area contributed by atoms with E-state index in [1.165, 1.54) is 13.2 Å². The van der Waals surface area contributed by atoms with E-state index >= 15 is 0 Å². The fourth-order valence-electron chi connectivity index (χ4n) is 3.05. The molecule has 1 aliphatic heterocycles. The Balaban J connectivity index is 2.40. The molecule has 2 atom stereocenters. The van der Waals surface area contributed by atoms with Gasteiger partial charge >= 0.3 is 5.97 Å². The first-order valence-electron chi connectivity index (χ1n) is 8.50. The van der Waals surface area contributed by atoms with Gasteiger partial charge in [-0.25, -0.2) is 16.8 Å². The van der Waals surface area contributed by atoms with Gasteiger partial charge in [-0.05, 0) is 44.0 Å². The fourth-order valence-corrected chi connectivity index (χ4v) is 7.99. The smallest absolute Gasteiger partial charge is 0.319 e. The van der Waals surface area contributed by atoms with Crippen LogP contribution in [-0.2, 0) is 29.2 Å². The zero-order valence-electron chi connectivity index (χ0n) is 15.8. The van der Waals surface area contributed by atoms with Crippen molar-refractivity contribution in [2.24, 2.45) is 0 Å². The number of benzene rings is 1. The largest absolute Gasteiger partial charge is 0.495 e. The van der Waals surface area contributed by atoms with Crippen molar-refractivity contribution in [3.05, 3.63) is 23.3 Å². The standard InChI is InChI=1S/C17H25NO7S2/c1-5-25-17(19)8-18-13-9-26(20,21)10-16(13)27(22,23)15-7-12(3)11(2)6-14(15)24-4/h6-7,13,16,18H,5,8-10H2,1-4H3/t13-,16-/m0/s1. The number of aryl methyl sites for hydroxylation is 2. The molecule has 27 heavy (non-hydrogen) atoms. The Kier molecular flexibility index (Phi) is 6.54. The highest BCUT2D eigenvalue weighted by Crippen LogP contribution is 2.33. The maximum Gasteiger partial charge on any atom is 0.319 e. The average molecular weight is 420 g/mol. The minimum atomic E-state index is -4.02. The van der Waals surface area contributed by atoms with Crippen molar-refractivity contribution >= 4 is 25.6 Å². The topological polar surface area (TPSA) is 116 Å². The van der Waals surface area contributed by atoms with Gasteiger partial charge in [0.15, 0.2) is 19.7 Å². The van der Waals surface area contributed by atoms with E-state index in [1.54, 1.807) is 19.9 Å². The number of ether oxygens (including phenoxy) is 2. The number of methoxy groups -OCH3 is 1. The van der Waals surface area contributed by atoms with Crippen LogP contribution in [0.15, 0.2) is 17.0 Å². The summed E-state index contributed by atoms with van der Waals surface area (Å²) in [5.41, 5.74) is 1.62. The van der Waals surface area contributed by atoms with Gasteiger partial charge in [-0.1, -0.05) is 0 Å². The van der Waals surface area contributed by atoms with Crippen LogP contribution in [0.25, 0.3) is 0 Å². The van der Waals surface area contributed by atoms with Crippen LogP contribution in [0.2, 0.25) is 0 Å². The van der Waals surface area contributed by atoms with Crippen LogP contribution in [0.5, 0.6) is 5.75 Å². The van der Waals surface area contributed by atoms with E-state index in [0.29, 0.717) is 0 Å². The first-order chi connectivity index (χ1) is 12.5. The van der Waals surface area contributed by atoms with Crippen LogP contribution in [0.4, 0.5) is 0 Å². The minimum Gasteiger partial charge on any atom is -0.495 e. The highest BCUT2D eigenvalue weighted by molar-refractivity contribution is 7.96. The van der Waals surface area contributed by atoms with Crippen LogP contribution in [-0.4, -0.2) is 65.9 Å². The van der Waals surface area contributed by atoms with Gasteiger partial charge in [0.25, 0.3) is 0 Å². The molecule has 1 aromatic rings.